The van der Waals surface area contributed by atoms with Gasteiger partial charge < -0.3 is 29.0 Å². The Labute approximate surface area is 293 Å². The number of nitrogens with zero attached hydrogens (tertiary/aromatic N) is 3. The lowest BCUT2D eigenvalue weighted by Gasteiger charge is -2.36. The number of hydrazine groups is 1. The molecule has 0 unspecified atom stereocenters. The number of allylic oxidation sites excluding steroid dienone is 1. The molecule has 2 aliphatic rings. The van der Waals surface area contributed by atoms with Crippen LogP contribution in [0.2, 0.25) is 0 Å². The van der Waals surface area contributed by atoms with Gasteiger partial charge in [0.25, 0.3) is 5.91 Å². The average Bonchev–Trinajstić information content (AvgIpc) is 3.99. The van der Waals surface area contributed by atoms with Crippen LogP contribution in [0.5, 0.6) is 17.2 Å². The molecule has 0 spiro atoms. The van der Waals surface area contributed by atoms with E-state index in [2.05, 4.69) is 5.32 Å². The van der Waals surface area contributed by atoms with Crippen molar-refractivity contribution >= 4 is 46.0 Å². The van der Waals surface area contributed by atoms with E-state index < -0.39 is 17.2 Å². The van der Waals surface area contributed by atoms with Gasteiger partial charge in [0.1, 0.15) is 11.4 Å². The molecular weight excluding hydrogens is 659 g/mol. The van der Waals surface area contributed by atoms with E-state index in [-0.39, 0.29) is 35.2 Å². The molecule has 0 bridgehead atoms. The molecule has 14 heteroatoms. The van der Waals surface area contributed by atoms with Gasteiger partial charge in [0.2, 0.25) is 17.1 Å². The van der Waals surface area contributed by atoms with Crippen LogP contribution >= 0.6 is 0 Å². The number of methoxy groups -OCH3 is 3. The number of benzene rings is 3. The van der Waals surface area contributed by atoms with E-state index in [0.29, 0.717) is 71.4 Å². The Bertz CT molecular complexity index is 2040. The van der Waals surface area contributed by atoms with Gasteiger partial charge in [-0.05, 0) is 73.0 Å². The van der Waals surface area contributed by atoms with Crippen molar-refractivity contribution in [3.05, 3.63) is 93.5 Å². The number of ketones is 1. The third-order valence-electron chi connectivity index (χ3n) is 9.06. The van der Waals surface area contributed by atoms with Crippen LogP contribution in [0.4, 0.5) is 15.8 Å². The number of hydrogen-bond acceptors (Lipinski definition) is 10. The Morgan fingerprint density at radius 1 is 0.941 bits per heavy atom. The molecule has 1 aliphatic heterocycles. The zero-order chi connectivity index (χ0) is 36.2. The lowest BCUT2D eigenvalue weighted by atomic mass is 10.1. The predicted octanol–water partition coefficient (Wildman–Crippen LogP) is 3.76. The standard InChI is InChI=1S/C37H39FN6O7/c1-49-32-16-22(17-33(50-2)36(32)51-3)4-11-31(45)23-5-7-24(8-6-23)40-34(46)21-42-12-14-43(15-13-42)30-19-29-26(18-28(30)38)35(47)27(37(48)41-39)20-44(29)25-9-10-25/h4-8,11,16-20,25H,9-10,12-15,21,39H2,1-3H3,(H,40,46)(H,41,48)/b11-4+. The Morgan fingerprint density at radius 2 is 1.61 bits per heavy atom. The van der Waals surface area contributed by atoms with Crippen molar-refractivity contribution in [1.29, 1.82) is 0 Å². The minimum absolute atomic E-state index is 0.123. The minimum Gasteiger partial charge on any atom is -0.493 e. The summed E-state index contributed by atoms with van der Waals surface area (Å²) in [5, 5.41) is 3.00. The zero-order valence-electron chi connectivity index (χ0n) is 28.5. The third-order valence-corrected chi connectivity index (χ3v) is 9.06. The van der Waals surface area contributed by atoms with Crippen molar-refractivity contribution in [2.24, 2.45) is 5.84 Å². The summed E-state index contributed by atoms with van der Waals surface area (Å²) in [7, 11) is 4.56. The van der Waals surface area contributed by atoms with E-state index in [1.165, 1.54) is 39.7 Å². The Hall–Kier alpha value is -5.73. The quantitative estimate of drug-likeness (QED) is 0.0655. The van der Waals surface area contributed by atoms with Crippen LogP contribution in [0.3, 0.4) is 0 Å². The van der Waals surface area contributed by atoms with Crippen molar-refractivity contribution in [2.45, 2.75) is 18.9 Å². The van der Waals surface area contributed by atoms with Gasteiger partial charge in [0.05, 0.1) is 39.1 Å². The van der Waals surface area contributed by atoms with Crippen molar-refractivity contribution in [3.63, 3.8) is 0 Å². The Balaban J connectivity index is 1.05. The maximum absolute atomic E-state index is 15.4. The monoisotopic (exact) mass is 698 g/mol. The number of nitrogen functional groups attached to an aromatic ring is 1. The van der Waals surface area contributed by atoms with E-state index in [9.17, 15) is 19.2 Å². The van der Waals surface area contributed by atoms with Crippen LogP contribution in [0.25, 0.3) is 17.0 Å². The van der Waals surface area contributed by atoms with E-state index in [1.807, 2.05) is 19.8 Å². The van der Waals surface area contributed by atoms with Crippen molar-refractivity contribution in [1.82, 2.24) is 14.9 Å². The zero-order valence-corrected chi connectivity index (χ0v) is 28.5. The summed E-state index contributed by atoms with van der Waals surface area (Å²) in [6, 6.07) is 13.1. The maximum atomic E-state index is 15.4. The van der Waals surface area contributed by atoms with Crippen LogP contribution in [-0.2, 0) is 4.79 Å². The first-order chi connectivity index (χ1) is 24.6. The summed E-state index contributed by atoms with van der Waals surface area (Å²) in [5.74, 6) is 4.97. The van der Waals surface area contributed by atoms with E-state index in [0.717, 1.165) is 12.8 Å². The minimum atomic E-state index is -0.717. The molecule has 51 heavy (non-hydrogen) atoms. The first-order valence-corrected chi connectivity index (χ1v) is 16.4. The lowest BCUT2D eigenvalue weighted by Crippen LogP contribution is -2.49. The molecule has 6 rings (SSSR count). The lowest BCUT2D eigenvalue weighted by molar-refractivity contribution is -0.117. The van der Waals surface area contributed by atoms with E-state index in [4.69, 9.17) is 20.1 Å². The number of nitrogens with one attached hydrogen (secondary N) is 2. The van der Waals surface area contributed by atoms with Crippen LogP contribution < -0.4 is 41.1 Å². The predicted molar refractivity (Wildman–Crippen MR) is 191 cm³/mol. The van der Waals surface area contributed by atoms with Gasteiger partial charge in [-0.3, -0.25) is 29.5 Å². The number of hydrogen-bond donors (Lipinski definition) is 3. The number of halogens is 1. The summed E-state index contributed by atoms with van der Waals surface area (Å²) >= 11 is 0. The smallest absolute Gasteiger partial charge is 0.270 e. The highest BCUT2D eigenvalue weighted by Gasteiger charge is 2.29. The number of ether oxygens (including phenoxy) is 3. The number of pyridine rings is 1. The molecule has 1 aliphatic carbocycles. The van der Waals surface area contributed by atoms with Crippen LogP contribution in [0.1, 0.15) is 45.2 Å². The number of carbonyl (C=O) groups excluding carboxylic acids is 3. The molecule has 3 aromatic carbocycles. The molecule has 0 atom stereocenters. The highest BCUT2D eigenvalue weighted by atomic mass is 19.1. The highest BCUT2D eigenvalue weighted by Crippen LogP contribution is 2.39. The van der Waals surface area contributed by atoms with Gasteiger partial charge in [-0.15, -0.1) is 0 Å². The molecule has 2 fully saturated rings. The molecule has 0 radical (unpaired) electrons. The topological polar surface area (TPSA) is 157 Å². The van der Waals surface area contributed by atoms with Crippen LogP contribution in [0.15, 0.2) is 65.6 Å². The molecule has 2 heterocycles. The SMILES string of the molecule is COc1cc(/C=C/C(=O)c2ccc(NC(=O)CN3CCN(c4cc5c(cc4F)c(=O)c(C(=O)NN)cn5C4CC4)CC3)cc2)cc(OC)c1OC. The number of piperazine rings is 1. The number of aromatic nitrogens is 1. The normalized spacial score (nSPS) is 14.8. The second-order valence-electron chi connectivity index (χ2n) is 12.3. The molecule has 266 valence electrons. The summed E-state index contributed by atoms with van der Waals surface area (Å²) in [5.41, 5.74) is 3.92. The third kappa shape index (κ3) is 7.56. The molecule has 1 saturated carbocycles. The number of fused-ring (bicyclic) bond motifs is 1. The van der Waals surface area contributed by atoms with Crippen molar-refractivity contribution < 1.29 is 33.0 Å². The Morgan fingerprint density at radius 3 is 2.20 bits per heavy atom. The van der Waals surface area contributed by atoms with Gasteiger partial charge in [-0.2, -0.15) is 0 Å². The molecule has 1 aromatic heterocycles. The van der Waals surface area contributed by atoms with Crippen molar-refractivity contribution in [3.8, 4) is 17.2 Å². The number of anilines is 2. The van der Waals surface area contributed by atoms with Gasteiger partial charge in [-0.1, -0.05) is 6.08 Å². The molecule has 2 amide bonds. The largest absolute Gasteiger partial charge is 0.493 e. The second kappa shape index (κ2) is 15.0. The molecule has 4 N–H and O–H groups in total. The number of nitrogens with two attached hydrogens (primary N) is 1. The first kappa shape index (κ1) is 35.1. The first-order valence-electron chi connectivity index (χ1n) is 16.4. The fourth-order valence-corrected chi connectivity index (χ4v) is 6.23. The van der Waals surface area contributed by atoms with Crippen molar-refractivity contribution in [2.75, 3.05) is 64.3 Å². The summed E-state index contributed by atoms with van der Waals surface area (Å²) in [4.78, 5) is 54.9. The van der Waals surface area contributed by atoms with Gasteiger partial charge in [0.15, 0.2) is 17.3 Å². The van der Waals surface area contributed by atoms with E-state index >= 15 is 4.39 Å². The van der Waals surface area contributed by atoms with E-state index in [1.54, 1.807) is 48.5 Å². The average molecular weight is 699 g/mol. The summed E-state index contributed by atoms with van der Waals surface area (Å²) in [6.07, 6.45) is 6.40. The van der Waals surface area contributed by atoms with Gasteiger partial charge in [0, 0.05) is 55.1 Å². The second-order valence-corrected chi connectivity index (χ2v) is 12.3. The Kier molecular flexibility index (Phi) is 10.3. The number of rotatable bonds is 12. The fourth-order valence-electron chi connectivity index (χ4n) is 6.23. The van der Waals surface area contributed by atoms with Gasteiger partial charge in [-0.25, -0.2) is 10.2 Å². The fraction of sp³-hybridized carbons (Fsp3) is 0.297. The molecular formula is C37H39FN6O7. The molecule has 4 aromatic rings. The highest BCUT2D eigenvalue weighted by molar-refractivity contribution is 6.07. The summed E-state index contributed by atoms with van der Waals surface area (Å²) < 4.78 is 33.4. The number of carbonyl (C=O) groups is 3. The molecule has 13 nitrogen and oxygen atoms in total. The molecule has 1 saturated heterocycles. The summed E-state index contributed by atoms with van der Waals surface area (Å²) in [6.45, 7) is 2.11. The van der Waals surface area contributed by atoms with Crippen LogP contribution in [0, 0.1) is 5.82 Å². The maximum Gasteiger partial charge on any atom is 0.270 e. The van der Waals surface area contributed by atoms with Crippen LogP contribution in [-0.4, -0.2) is 81.1 Å². The van der Waals surface area contributed by atoms with Gasteiger partial charge >= 0.3 is 0 Å². The number of amides is 2.